The summed E-state index contributed by atoms with van der Waals surface area (Å²) in [5.74, 6) is -0.0267. The van der Waals surface area contributed by atoms with Crippen molar-refractivity contribution >= 4 is 15.9 Å². The van der Waals surface area contributed by atoms with Crippen molar-refractivity contribution in [3.8, 4) is 0 Å². The molecule has 0 spiro atoms. The summed E-state index contributed by atoms with van der Waals surface area (Å²) < 4.78 is 26.5. The second-order valence-electron chi connectivity index (χ2n) is 7.84. The van der Waals surface area contributed by atoms with Gasteiger partial charge in [-0.05, 0) is 32.2 Å². The molecule has 0 atom stereocenters. The molecule has 1 aromatic rings. The first kappa shape index (κ1) is 18.9. The maximum absolute atomic E-state index is 12.9. The molecule has 1 amide bonds. The fourth-order valence-corrected chi connectivity index (χ4v) is 5.78. The monoisotopic (exact) mass is 395 g/mol. The summed E-state index contributed by atoms with van der Waals surface area (Å²) >= 11 is 0. The highest BCUT2D eigenvalue weighted by atomic mass is 32.2. The lowest BCUT2D eigenvalue weighted by molar-refractivity contribution is 0.0628. The van der Waals surface area contributed by atoms with Crippen LogP contribution in [0.25, 0.3) is 0 Å². The van der Waals surface area contributed by atoms with Crippen molar-refractivity contribution in [1.29, 1.82) is 0 Å². The average molecular weight is 396 g/mol. The molecule has 9 heteroatoms. The van der Waals surface area contributed by atoms with E-state index in [2.05, 4.69) is 22.0 Å². The van der Waals surface area contributed by atoms with Crippen LogP contribution in [0.4, 0.5) is 0 Å². The van der Waals surface area contributed by atoms with Crippen LogP contribution >= 0.6 is 0 Å². The highest BCUT2D eigenvalue weighted by Crippen LogP contribution is 2.33. The smallest absolute Gasteiger partial charge is 0.274 e. The third-order valence-corrected chi connectivity index (χ3v) is 8.24. The van der Waals surface area contributed by atoms with Crippen molar-refractivity contribution in [2.24, 2.45) is 0 Å². The lowest BCUT2D eigenvalue weighted by Gasteiger charge is -2.34. The number of aromatic amines is 1. The van der Waals surface area contributed by atoms with E-state index in [4.69, 9.17) is 0 Å². The molecule has 0 aromatic carbocycles. The normalized spacial score (nSPS) is 22.0. The SMILES string of the molecule is CCCCN1CCN(C(=O)c2n[nH]c3c2CCN(S(=O)(=O)C2CC2)C3)CC1. The molecule has 1 aromatic heterocycles. The highest BCUT2D eigenvalue weighted by molar-refractivity contribution is 7.90. The van der Waals surface area contributed by atoms with Crippen LogP contribution in [0.3, 0.4) is 0 Å². The minimum absolute atomic E-state index is 0.0267. The van der Waals surface area contributed by atoms with E-state index in [0.29, 0.717) is 25.2 Å². The van der Waals surface area contributed by atoms with Crippen LogP contribution in [0.2, 0.25) is 0 Å². The van der Waals surface area contributed by atoms with Crippen LogP contribution in [0, 0.1) is 0 Å². The molecule has 0 bridgehead atoms. The number of rotatable bonds is 6. The number of sulfonamides is 1. The standard InChI is InChI=1S/C18H29N5O3S/c1-2-3-7-21-9-11-22(12-10-21)18(24)17-15-6-8-23(13-16(15)19-20-17)27(25,26)14-4-5-14/h14H,2-13H2,1H3,(H,19,20). The van der Waals surface area contributed by atoms with Crippen LogP contribution in [-0.4, -0.2) is 83.1 Å². The molecule has 1 saturated carbocycles. The third-order valence-electron chi connectivity index (χ3n) is 5.89. The van der Waals surface area contributed by atoms with E-state index in [0.717, 1.165) is 56.8 Å². The molecule has 3 aliphatic rings. The van der Waals surface area contributed by atoms with Crippen molar-refractivity contribution in [1.82, 2.24) is 24.3 Å². The molecule has 2 fully saturated rings. The summed E-state index contributed by atoms with van der Waals surface area (Å²) in [4.78, 5) is 17.2. The van der Waals surface area contributed by atoms with E-state index in [1.165, 1.54) is 12.8 Å². The summed E-state index contributed by atoms with van der Waals surface area (Å²) in [5, 5.41) is 7.00. The first-order valence-electron chi connectivity index (χ1n) is 10.1. The predicted molar refractivity (Wildman–Crippen MR) is 102 cm³/mol. The third kappa shape index (κ3) is 3.77. The molecule has 1 saturated heterocycles. The van der Waals surface area contributed by atoms with E-state index >= 15 is 0 Å². The van der Waals surface area contributed by atoms with Gasteiger partial charge in [0.1, 0.15) is 0 Å². The van der Waals surface area contributed by atoms with Gasteiger partial charge in [0, 0.05) is 38.3 Å². The number of piperazine rings is 1. The van der Waals surface area contributed by atoms with Gasteiger partial charge in [-0.1, -0.05) is 13.3 Å². The number of fused-ring (bicyclic) bond motifs is 1. The molecular weight excluding hydrogens is 366 g/mol. The van der Waals surface area contributed by atoms with Crippen LogP contribution in [0.1, 0.15) is 54.4 Å². The Morgan fingerprint density at radius 3 is 2.59 bits per heavy atom. The Balaban J connectivity index is 1.40. The predicted octanol–water partition coefficient (Wildman–Crippen LogP) is 0.818. The summed E-state index contributed by atoms with van der Waals surface area (Å²) in [6, 6.07) is 0. The van der Waals surface area contributed by atoms with E-state index in [1.807, 2.05) is 4.90 Å². The molecule has 4 rings (SSSR count). The minimum Gasteiger partial charge on any atom is -0.335 e. The Labute approximate surface area is 160 Å². The van der Waals surface area contributed by atoms with Gasteiger partial charge >= 0.3 is 0 Å². The molecular formula is C18H29N5O3S. The first-order chi connectivity index (χ1) is 13.0. The van der Waals surface area contributed by atoms with Crippen molar-refractivity contribution < 1.29 is 13.2 Å². The number of hydrogen-bond acceptors (Lipinski definition) is 5. The zero-order chi connectivity index (χ0) is 19.0. The van der Waals surface area contributed by atoms with Crippen molar-refractivity contribution in [2.75, 3.05) is 39.3 Å². The largest absolute Gasteiger partial charge is 0.335 e. The molecule has 8 nitrogen and oxygen atoms in total. The number of aromatic nitrogens is 2. The van der Waals surface area contributed by atoms with Gasteiger partial charge in [-0.3, -0.25) is 14.8 Å². The minimum atomic E-state index is -3.19. The van der Waals surface area contributed by atoms with Gasteiger partial charge in [0.25, 0.3) is 5.91 Å². The summed E-state index contributed by atoms with van der Waals surface area (Å²) in [6.07, 6.45) is 4.47. The summed E-state index contributed by atoms with van der Waals surface area (Å²) in [5.41, 5.74) is 2.15. The summed E-state index contributed by atoms with van der Waals surface area (Å²) in [6.45, 7) is 7.31. The van der Waals surface area contributed by atoms with Gasteiger partial charge in [0.05, 0.1) is 17.5 Å². The van der Waals surface area contributed by atoms with Gasteiger partial charge in [-0.15, -0.1) is 0 Å². The second kappa shape index (κ2) is 7.52. The number of H-pyrrole nitrogens is 1. The van der Waals surface area contributed by atoms with E-state index in [1.54, 1.807) is 4.31 Å². The quantitative estimate of drug-likeness (QED) is 0.770. The number of nitrogens with one attached hydrogen (secondary N) is 1. The maximum atomic E-state index is 12.9. The Morgan fingerprint density at radius 1 is 1.19 bits per heavy atom. The number of nitrogens with zero attached hydrogens (tertiary/aromatic N) is 4. The van der Waals surface area contributed by atoms with Crippen molar-refractivity contribution in [2.45, 2.75) is 50.8 Å². The van der Waals surface area contributed by atoms with Crippen LogP contribution in [0.5, 0.6) is 0 Å². The van der Waals surface area contributed by atoms with Crippen molar-refractivity contribution in [3.05, 3.63) is 17.0 Å². The number of carbonyl (C=O) groups excluding carboxylic acids is 1. The number of carbonyl (C=O) groups is 1. The number of unbranched alkanes of at least 4 members (excludes halogenated alkanes) is 1. The average Bonchev–Trinajstić information content (AvgIpc) is 3.46. The van der Waals surface area contributed by atoms with E-state index < -0.39 is 10.0 Å². The molecule has 27 heavy (non-hydrogen) atoms. The van der Waals surface area contributed by atoms with Gasteiger partial charge < -0.3 is 4.90 Å². The number of amides is 1. The lowest BCUT2D eigenvalue weighted by Crippen LogP contribution is -2.49. The van der Waals surface area contributed by atoms with Crippen LogP contribution in [-0.2, 0) is 23.0 Å². The van der Waals surface area contributed by atoms with Gasteiger partial charge in [0.15, 0.2) is 5.69 Å². The van der Waals surface area contributed by atoms with Crippen LogP contribution in [0.15, 0.2) is 0 Å². The zero-order valence-corrected chi connectivity index (χ0v) is 16.8. The molecule has 2 aliphatic heterocycles. The number of hydrogen-bond donors (Lipinski definition) is 1. The Bertz CT molecular complexity index is 794. The Morgan fingerprint density at radius 2 is 1.93 bits per heavy atom. The fourth-order valence-electron chi connectivity index (χ4n) is 3.97. The van der Waals surface area contributed by atoms with Gasteiger partial charge in [-0.2, -0.15) is 9.40 Å². The molecule has 1 aliphatic carbocycles. The molecule has 0 unspecified atom stereocenters. The fraction of sp³-hybridized carbons (Fsp3) is 0.778. The summed E-state index contributed by atoms with van der Waals surface area (Å²) in [7, 11) is -3.19. The Kier molecular flexibility index (Phi) is 5.26. The molecule has 3 heterocycles. The lowest BCUT2D eigenvalue weighted by atomic mass is 10.0. The Hall–Kier alpha value is -1.45. The maximum Gasteiger partial charge on any atom is 0.274 e. The first-order valence-corrected chi connectivity index (χ1v) is 11.6. The molecule has 1 N–H and O–H groups in total. The molecule has 150 valence electrons. The second-order valence-corrected chi connectivity index (χ2v) is 10.1. The highest BCUT2D eigenvalue weighted by Gasteiger charge is 2.42. The van der Waals surface area contributed by atoms with E-state index in [9.17, 15) is 13.2 Å². The van der Waals surface area contributed by atoms with Gasteiger partial charge in [0.2, 0.25) is 10.0 Å². The van der Waals surface area contributed by atoms with Crippen molar-refractivity contribution in [3.63, 3.8) is 0 Å². The zero-order valence-electron chi connectivity index (χ0n) is 16.0. The topological polar surface area (TPSA) is 89.6 Å². The van der Waals surface area contributed by atoms with Gasteiger partial charge in [-0.25, -0.2) is 8.42 Å². The van der Waals surface area contributed by atoms with E-state index in [-0.39, 0.29) is 11.2 Å². The van der Waals surface area contributed by atoms with Crippen LogP contribution < -0.4 is 0 Å². The molecule has 0 radical (unpaired) electrons.